The minimum atomic E-state index is -0.392. The molecule has 4 N–H and O–H groups in total. The van der Waals surface area contributed by atoms with Crippen molar-refractivity contribution in [3.63, 3.8) is 0 Å². The zero-order valence-corrected chi connectivity index (χ0v) is 7.60. The fourth-order valence-electron chi connectivity index (χ4n) is 1.23. The van der Waals surface area contributed by atoms with Crippen molar-refractivity contribution in [3.8, 4) is 0 Å². The van der Waals surface area contributed by atoms with Gasteiger partial charge in [0.25, 0.3) is 0 Å². The highest BCUT2D eigenvalue weighted by Gasteiger charge is 2.12. The van der Waals surface area contributed by atoms with Crippen LogP contribution in [-0.4, -0.2) is 15.5 Å². The Labute approximate surface area is 76.7 Å². The Morgan fingerprint density at radius 3 is 3.00 bits per heavy atom. The van der Waals surface area contributed by atoms with Crippen molar-refractivity contribution in [2.24, 2.45) is 11.5 Å². The molecule has 0 aliphatic carbocycles. The Bertz CT molecular complexity index is 294. The number of carbonyl (C=O) groups is 1. The molecule has 1 atom stereocenters. The number of imidazole rings is 1. The number of aryl methyl sites for hydroxylation is 1. The molecule has 5 nitrogen and oxygen atoms in total. The molecule has 0 unspecified atom stereocenters. The van der Waals surface area contributed by atoms with Crippen LogP contribution in [0, 0.1) is 0 Å². The predicted octanol–water partition coefficient (Wildman–Crippen LogP) is -0.222. The molecule has 0 aliphatic heterocycles. The number of amides is 1. The molecule has 0 spiro atoms. The van der Waals surface area contributed by atoms with Crippen LogP contribution in [0.3, 0.4) is 0 Å². The van der Waals surface area contributed by atoms with E-state index >= 15 is 0 Å². The topological polar surface area (TPSA) is 86.9 Å². The van der Waals surface area contributed by atoms with Crippen LogP contribution in [-0.2, 0) is 11.3 Å². The van der Waals surface area contributed by atoms with Gasteiger partial charge in [-0.25, -0.2) is 4.98 Å². The van der Waals surface area contributed by atoms with Gasteiger partial charge in [-0.1, -0.05) is 0 Å². The Morgan fingerprint density at radius 2 is 2.46 bits per heavy atom. The summed E-state index contributed by atoms with van der Waals surface area (Å²) in [4.78, 5) is 14.6. The summed E-state index contributed by atoms with van der Waals surface area (Å²) in [6.45, 7) is 2.78. The van der Waals surface area contributed by atoms with Crippen molar-refractivity contribution in [1.82, 2.24) is 9.55 Å². The molecule has 0 aliphatic rings. The molecule has 72 valence electrons. The van der Waals surface area contributed by atoms with Crippen molar-refractivity contribution >= 4 is 5.91 Å². The summed E-state index contributed by atoms with van der Waals surface area (Å²) in [5.74, 6) is -0.392. The molecule has 0 bridgehead atoms. The lowest BCUT2D eigenvalue weighted by Crippen LogP contribution is -2.22. The Kier molecular flexibility index (Phi) is 3.02. The van der Waals surface area contributed by atoms with Crippen molar-refractivity contribution < 1.29 is 4.79 Å². The molecule has 5 heteroatoms. The number of hydrogen-bond acceptors (Lipinski definition) is 3. The van der Waals surface area contributed by atoms with E-state index in [2.05, 4.69) is 4.98 Å². The van der Waals surface area contributed by atoms with Crippen molar-refractivity contribution in [2.75, 3.05) is 0 Å². The third kappa shape index (κ3) is 2.29. The minimum absolute atomic E-state index is 0.158. The SMILES string of the molecule is CCn1cncc1[C@H](N)CC(N)=O. The van der Waals surface area contributed by atoms with Gasteiger partial charge in [0.05, 0.1) is 18.1 Å². The quantitative estimate of drug-likeness (QED) is 0.674. The lowest BCUT2D eigenvalue weighted by atomic mass is 10.1. The van der Waals surface area contributed by atoms with Crippen LogP contribution >= 0.6 is 0 Å². The molecule has 1 aromatic rings. The first-order valence-corrected chi connectivity index (χ1v) is 4.19. The molecular weight excluding hydrogens is 168 g/mol. The summed E-state index contributed by atoms with van der Waals surface area (Å²) >= 11 is 0. The zero-order chi connectivity index (χ0) is 9.84. The number of nitrogens with zero attached hydrogens (tertiary/aromatic N) is 2. The van der Waals surface area contributed by atoms with Crippen LogP contribution in [0.1, 0.15) is 25.1 Å². The molecule has 0 fully saturated rings. The number of aromatic nitrogens is 2. The first-order chi connectivity index (χ1) is 6.15. The van der Waals surface area contributed by atoms with Gasteiger partial charge in [-0.2, -0.15) is 0 Å². The van der Waals surface area contributed by atoms with Gasteiger partial charge in [-0.3, -0.25) is 4.79 Å². The summed E-state index contributed by atoms with van der Waals surface area (Å²) in [5, 5.41) is 0. The molecule has 0 saturated carbocycles. The average molecular weight is 182 g/mol. The summed E-state index contributed by atoms with van der Waals surface area (Å²) in [6, 6.07) is -0.347. The first-order valence-electron chi connectivity index (χ1n) is 4.19. The maximum absolute atomic E-state index is 10.6. The Balaban J connectivity index is 2.75. The van der Waals surface area contributed by atoms with Gasteiger partial charge in [-0.15, -0.1) is 0 Å². The van der Waals surface area contributed by atoms with Crippen LogP contribution in [0.15, 0.2) is 12.5 Å². The van der Waals surface area contributed by atoms with Gasteiger partial charge in [-0.05, 0) is 6.92 Å². The van der Waals surface area contributed by atoms with Gasteiger partial charge in [0, 0.05) is 19.2 Å². The third-order valence-corrected chi connectivity index (χ3v) is 1.89. The molecule has 13 heavy (non-hydrogen) atoms. The number of primary amides is 1. The maximum Gasteiger partial charge on any atom is 0.219 e. The van der Waals surface area contributed by atoms with Crippen LogP contribution in [0.4, 0.5) is 0 Å². The highest BCUT2D eigenvalue weighted by molar-refractivity contribution is 5.74. The fraction of sp³-hybridized carbons (Fsp3) is 0.500. The molecule has 0 aromatic carbocycles. The van der Waals surface area contributed by atoms with Gasteiger partial charge in [0.15, 0.2) is 0 Å². The van der Waals surface area contributed by atoms with E-state index in [0.717, 1.165) is 12.2 Å². The smallest absolute Gasteiger partial charge is 0.219 e. The molecule has 1 amide bonds. The lowest BCUT2D eigenvalue weighted by molar-refractivity contribution is -0.118. The third-order valence-electron chi connectivity index (χ3n) is 1.89. The number of rotatable bonds is 4. The number of carbonyl (C=O) groups excluding carboxylic acids is 1. The molecule has 1 aromatic heterocycles. The standard InChI is InChI=1S/C8H14N4O/c1-2-12-5-11-4-7(12)6(9)3-8(10)13/h4-6H,2-3,9H2,1H3,(H2,10,13)/t6-/m1/s1. The summed E-state index contributed by atoms with van der Waals surface area (Å²) in [7, 11) is 0. The number of hydrogen-bond donors (Lipinski definition) is 2. The van der Waals surface area contributed by atoms with Gasteiger partial charge in [0.2, 0.25) is 5.91 Å². The average Bonchev–Trinajstić information content (AvgIpc) is 2.49. The lowest BCUT2D eigenvalue weighted by Gasteiger charge is -2.11. The monoisotopic (exact) mass is 182 g/mol. The van der Waals surface area contributed by atoms with Crippen LogP contribution in [0.2, 0.25) is 0 Å². The summed E-state index contributed by atoms with van der Waals surface area (Å²) < 4.78 is 1.90. The van der Waals surface area contributed by atoms with E-state index in [9.17, 15) is 4.79 Å². The maximum atomic E-state index is 10.6. The Hall–Kier alpha value is -1.36. The van der Waals surface area contributed by atoms with E-state index < -0.39 is 5.91 Å². The molecule has 0 saturated heterocycles. The molecule has 1 rings (SSSR count). The minimum Gasteiger partial charge on any atom is -0.370 e. The summed E-state index contributed by atoms with van der Waals surface area (Å²) in [6.07, 6.45) is 3.51. The fourth-order valence-corrected chi connectivity index (χ4v) is 1.23. The second kappa shape index (κ2) is 4.04. The first kappa shape index (κ1) is 9.73. The van der Waals surface area contributed by atoms with E-state index in [1.165, 1.54) is 0 Å². The van der Waals surface area contributed by atoms with E-state index in [1.807, 2.05) is 11.5 Å². The normalized spacial score (nSPS) is 12.8. The van der Waals surface area contributed by atoms with Crippen LogP contribution in [0.25, 0.3) is 0 Å². The van der Waals surface area contributed by atoms with Gasteiger partial charge in [0.1, 0.15) is 0 Å². The highest BCUT2D eigenvalue weighted by atomic mass is 16.1. The Morgan fingerprint density at radius 1 is 1.77 bits per heavy atom. The van der Waals surface area contributed by atoms with Crippen LogP contribution < -0.4 is 11.5 Å². The molecule has 1 heterocycles. The van der Waals surface area contributed by atoms with Crippen molar-refractivity contribution in [1.29, 1.82) is 0 Å². The predicted molar refractivity (Wildman–Crippen MR) is 48.6 cm³/mol. The van der Waals surface area contributed by atoms with E-state index in [4.69, 9.17) is 11.5 Å². The van der Waals surface area contributed by atoms with Gasteiger partial charge < -0.3 is 16.0 Å². The molecular formula is C8H14N4O. The van der Waals surface area contributed by atoms with E-state index in [0.29, 0.717) is 0 Å². The second-order valence-corrected chi connectivity index (χ2v) is 2.88. The van der Waals surface area contributed by atoms with E-state index in [1.54, 1.807) is 12.5 Å². The van der Waals surface area contributed by atoms with Crippen molar-refractivity contribution in [3.05, 3.63) is 18.2 Å². The zero-order valence-electron chi connectivity index (χ0n) is 7.60. The highest BCUT2D eigenvalue weighted by Crippen LogP contribution is 2.12. The number of nitrogens with two attached hydrogens (primary N) is 2. The summed E-state index contributed by atoms with van der Waals surface area (Å²) in [5.41, 5.74) is 11.6. The largest absolute Gasteiger partial charge is 0.370 e. The molecule has 0 radical (unpaired) electrons. The van der Waals surface area contributed by atoms with Crippen molar-refractivity contribution in [2.45, 2.75) is 25.9 Å². The van der Waals surface area contributed by atoms with E-state index in [-0.39, 0.29) is 12.5 Å². The van der Waals surface area contributed by atoms with Crippen LogP contribution in [0.5, 0.6) is 0 Å². The van der Waals surface area contributed by atoms with Gasteiger partial charge >= 0.3 is 0 Å². The second-order valence-electron chi connectivity index (χ2n) is 2.88.